The summed E-state index contributed by atoms with van der Waals surface area (Å²) in [4.78, 5) is 0. The van der Waals surface area contributed by atoms with Crippen molar-refractivity contribution in [3.8, 4) is 5.75 Å². The molecule has 4 heteroatoms. The summed E-state index contributed by atoms with van der Waals surface area (Å²) in [5, 5.41) is 1.48. The van der Waals surface area contributed by atoms with Gasteiger partial charge in [0.2, 0.25) is 0 Å². The second-order valence-electron chi connectivity index (χ2n) is 3.86. The minimum absolute atomic E-state index is 0. The topological polar surface area (TPSA) is 35.2 Å². The first-order chi connectivity index (χ1) is 8.27. The van der Waals surface area contributed by atoms with Crippen LogP contribution in [-0.4, -0.2) is 13.2 Å². The summed E-state index contributed by atoms with van der Waals surface area (Å²) >= 11 is 0. The minimum atomic E-state index is -0.211. The molecule has 0 atom stereocenters. The summed E-state index contributed by atoms with van der Waals surface area (Å²) in [5.74, 6) is 0.395. The van der Waals surface area contributed by atoms with E-state index in [1.165, 1.54) is 0 Å². The largest absolute Gasteiger partial charge is 0.493 e. The molecule has 0 aliphatic heterocycles. The SMILES string of the molecule is CCOc1cc2ccccc2c(F)c1CCN.Cl. The van der Waals surface area contributed by atoms with Crippen molar-refractivity contribution in [3.63, 3.8) is 0 Å². The van der Waals surface area contributed by atoms with Gasteiger partial charge >= 0.3 is 0 Å². The normalized spacial score (nSPS) is 10.2. The predicted molar refractivity (Wildman–Crippen MR) is 75.1 cm³/mol. The fourth-order valence-corrected chi connectivity index (χ4v) is 1.98. The van der Waals surface area contributed by atoms with Crippen LogP contribution >= 0.6 is 12.4 Å². The lowest BCUT2D eigenvalue weighted by atomic mass is 10.0. The van der Waals surface area contributed by atoms with E-state index in [-0.39, 0.29) is 18.2 Å². The smallest absolute Gasteiger partial charge is 0.137 e. The highest BCUT2D eigenvalue weighted by Gasteiger charge is 2.13. The van der Waals surface area contributed by atoms with Gasteiger partial charge in [0.25, 0.3) is 0 Å². The number of benzene rings is 2. The van der Waals surface area contributed by atoms with E-state index in [0.29, 0.717) is 36.3 Å². The van der Waals surface area contributed by atoms with Gasteiger partial charge in [0.15, 0.2) is 0 Å². The Kier molecular flexibility index (Phi) is 5.38. The van der Waals surface area contributed by atoms with E-state index < -0.39 is 0 Å². The van der Waals surface area contributed by atoms with Crippen LogP contribution in [0.5, 0.6) is 5.75 Å². The maximum atomic E-state index is 14.3. The molecule has 0 amide bonds. The molecule has 0 heterocycles. The second-order valence-corrected chi connectivity index (χ2v) is 3.86. The monoisotopic (exact) mass is 269 g/mol. The molecule has 0 saturated heterocycles. The van der Waals surface area contributed by atoms with Crippen LogP contribution in [0.1, 0.15) is 12.5 Å². The van der Waals surface area contributed by atoms with Gasteiger partial charge in [-0.15, -0.1) is 12.4 Å². The van der Waals surface area contributed by atoms with Gasteiger partial charge in [-0.1, -0.05) is 24.3 Å². The quantitative estimate of drug-likeness (QED) is 0.924. The van der Waals surface area contributed by atoms with Crippen molar-refractivity contribution >= 4 is 23.2 Å². The van der Waals surface area contributed by atoms with Crippen molar-refractivity contribution in [3.05, 3.63) is 41.7 Å². The van der Waals surface area contributed by atoms with Gasteiger partial charge in [0, 0.05) is 10.9 Å². The second kappa shape index (κ2) is 6.57. The molecule has 0 aromatic heterocycles. The first kappa shape index (κ1) is 14.7. The average Bonchev–Trinajstić information content (AvgIpc) is 2.34. The number of hydrogen-bond donors (Lipinski definition) is 1. The van der Waals surface area contributed by atoms with Gasteiger partial charge in [0.05, 0.1) is 6.61 Å². The Labute approximate surface area is 112 Å². The number of nitrogens with two attached hydrogens (primary N) is 1. The fraction of sp³-hybridized carbons (Fsp3) is 0.286. The van der Waals surface area contributed by atoms with E-state index in [9.17, 15) is 4.39 Å². The van der Waals surface area contributed by atoms with Crippen LogP contribution in [0.25, 0.3) is 10.8 Å². The molecular formula is C14H17ClFNO. The van der Waals surface area contributed by atoms with E-state index in [2.05, 4.69) is 0 Å². The summed E-state index contributed by atoms with van der Waals surface area (Å²) in [7, 11) is 0. The van der Waals surface area contributed by atoms with E-state index in [1.54, 1.807) is 6.07 Å². The highest BCUT2D eigenvalue weighted by molar-refractivity contribution is 5.86. The molecule has 0 fully saturated rings. The van der Waals surface area contributed by atoms with Crippen LogP contribution < -0.4 is 10.5 Å². The van der Waals surface area contributed by atoms with Crippen molar-refractivity contribution in [2.45, 2.75) is 13.3 Å². The number of halogens is 2. The summed E-state index contributed by atoms with van der Waals surface area (Å²) in [6.07, 6.45) is 0.492. The van der Waals surface area contributed by atoms with Crippen LogP contribution in [0.4, 0.5) is 4.39 Å². The van der Waals surface area contributed by atoms with Gasteiger partial charge in [-0.3, -0.25) is 0 Å². The molecule has 18 heavy (non-hydrogen) atoms. The molecule has 0 bridgehead atoms. The van der Waals surface area contributed by atoms with Crippen LogP contribution in [-0.2, 0) is 6.42 Å². The minimum Gasteiger partial charge on any atom is -0.493 e. The predicted octanol–water partition coefficient (Wildman–Crippen LogP) is 3.30. The molecule has 2 nitrogen and oxygen atoms in total. The third kappa shape index (κ3) is 2.74. The molecule has 0 saturated carbocycles. The lowest BCUT2D eigenvalue weighted by Crippen LogP contribution is -2.07. The molecular weight excluding hydrogens is 253 g/mol. The first-order valence-corrected chi connectivity index (χ1v) is 5.81. The Hall–Kier alpha value is -1.32. The Bertz CT molecular complexity index is 530. The van der Waals surface area contributed by atoms with Crippen LogP contribution in [0.3, 0.4) is 0 Å². The average molecular weight is 270 g/mol. The highest BCUT2D eigenvalue weighted by atomic mass is 35.5. The van der Waals surface area contributed by atoms with Gasteiger partial charge in [-0.05, 0) is 31.3 Å². The third-order valence-corrected chi connectivity index (χ3v) is 2.74. The van der Waals surface area contributed by atoms with Crippen LogP contribution in [0.2, 0.25) is 0 Å². The van der Waals surface area contributed by atoms with Gasteiger partial charge in [-0.2, -0.15) is 0 Å². The Morgan fingerprint density at radius 2 is 2.00 bits per heavy atom. The first-order valence-electron chi connectivity index (χ1n) is 5.81. The molecule has 2 rings (SSSR count). The van der Waals surface area contributed by atoms with Crippen LogP contribution in [0, 0.1) is 5.82 Å². The maximum absolute atomic E-state index is 14.3. The molecule has 0 aliphatic carbocycles. The summed E-state index contributed by atoms with van der Waals surface area (Å²) in [6, 6.07) is 9.26. The standard InChI is InChI=1S/C14H16FNO.ClH/c1-2-17-13-9-10-5-3-4-6-11(10)14(15)12(13)7-8-16;/h3-6,9H,2,7-8,16H2,1H3;1H. The van der Waals surface area contributed by atoms with Crippen molar-refractivity contribution in [1.29, 1.82) is 0 Å². The molecule has 2 aromatic carbocycles. The van der Waals surface area contributed by atoms with E-state index >= 15 is 0 Å². The Balaban J connectivity index is 0.00000162. The Morgan fingerprint density at radius 3 is 2.67 bits per heavy atom. The van der Waals surface area contributed by atoms with Gasteiger partial charge in [0.1, 0.15) is 11.6 Å². The van der Waals surface area contributed by atoms with E-state index in [1.807, 2.05) is 31.2 Å². The molecule has 2 aromatic rings. The van der Waals surface area contributed by atoms with Gasteiger partial charge < -0.3 is 10.5 Å². The number of hydrogen-bond acceptors (Lipinski definition) is 2. The zero-order valence-electron chi connectivity index (χ0n) is 10.3. The van der Waals surface area contributed by atoms with Crippen molar-refractivity contribution in [1.82, 2.24) is 0 Å². The summed E-state index contributed by atoms with van der Waals surface area (Å²) in [6.45, 7) is 2.82. The lowest BCUT2D eigenvalue weighted by molar-refractivity contribution is 0.334. The maximum Gasteiger partial charge on any atom is 0.137 e. The zero-order valence-corrected chi connectivity index (χ0v) is 11.1. The summed E-state index contributed by atoms with van der Waals surface area (Å²) in [5.41, 5.74) is 6.09. The van der Waals surface area contributed by atoms with Crippen LogP contribution in [0.15, 0.2) is 30.3 Å². The van der Waals surface area contributed by atoms with Crippen molar-refractivity contribution < 1.29 is 9.13 Å². The highest BCUT2D eigenvalue weighted by Crippen LogP contribution is 2.30. The van der Waals surface area contributed by atoms with E-state index in [0.717, 1.165) is 5.39 Å². The number of rotatable bonds is 4. The lowest BCUT2D eigenvalue weighted by Gasteiger charge is -2.13. The van der Waals surface area contributed by atoms with E-state index in [4.69, 9.17) is 10.5 Å². The number of ether oxygens (including phenoxy) is 1. The molecule has 0 unspecified atom stereocenters. The zero-order chi connectivity index (χ0) is 12.3. The van der Waals surface area contributed by atoms with Crippen molar-refractivity contribution in [2.75, 3.05) is 13.2 Å². The number of fused-ring (bicyclic) bond motifs is 1. The fourth-order valence-electron chi connectivity index (χ4n) is 1.98. The van der Waals surface area contributed by atoms with Crippen molar-refractivity contribution in [2.24, 2.45) is 5.73 Å². The third-order valence-electron chi connectivity index (χ3n) is 2.74. The molecule has 0 radical (unpaired) electrons. The Morgan fingerprint density at radius 1 is 1.28 bits per heavy atom. The molecule has 0 aliphatic rings. The summed E-state index contributed by atoms with van der Waals surface area (Å²) < 4.78 is 19.8. The molecule has 0 spiro atoms. The van der Waals surface area contributed by atoms with Gasteiger partial charge in [-0.25, -0.2) is 4.39 Å². The molecule has 2 N–H and O–H groups in total. The molecule has 98 valence electrons.